The van der Waals surface area contributed by atoms with Crippen molar-refractivity contribution in [1.29, 1.82) is 0 Å². The fourth-order valence-electron chi connectivity index (χ4n) is 3.70. The van der Waals surface area contributed by atoms with Crippen molar-refractivity contribution < 1.29 is 13.5 Å². The van der Waals surface area contributed by atoms with Crippen molar-refractivity contribution in [2.75, 3.05) is 52.4 Å². The Morgan fingerprint density at radius 3 is 2.31 bits per heavy atom. The van der Waals surface area contributed by atoms with Crippen LogP contribution in [0.25, 0.3) is 0 Å². The number of aromatic nitrogens is 1. The van der Waals surface area contributed by atoms with E-state index in [0.717, 1.165) is 19.0 Å². The number of hydrogen-bond acceptors (Lipinski definition) is 6. The van der Waals surface area contributed by atoms with Gasteiger partial charge in [0.25, 0.3) is 0 Å². The number of piperidine rings is 1. The zero-order valence-electron chi connectivity index (χ0n) is 15.5. The number of likely N-dealkylation sites (tertiary alicyclic amines) is 1. The van der Waals surface area contributed by atoms with E-state index in [1.54, 1.807) is 18.3 Å². The van der Waals surface area contributed by atoms with Crippen LogP contribution in [0.3, 0.4) is 0 Å². The Balaban J connectivity index is 1.45. The van der Waals surface area contributed by atoms with Crippen LogP contribution in [-0.2, 0) is 10.0 Å². The van der Waals surface area contributed by atoms with Gasteiger partial charge < -0.3 is 10.0 Å². The highest BCUT2D eigenvalue weighted by atomic mass is 32.2. The fraction of sp³-hybridized carbons (Fsp3) is 0.722. The number of piperazine rings is 1. The molecule has 0 amide bonds. The van der Waals surface area contributed by atoms with Gasteiger partial charge in [0, 0.05) is 51.7 Å². The standard InChI is InChI=1S/C18H30N4O3S/c1-16-4-7-20(8-5-16)14-17(23)15-21-9-11-22(12-10-21)26(24,25)18-3-2-6-19-13-18/h2-3,6,13,16-17,23H,4-5,7-12,14-15H2,1H3. The smallest absolute Gasteiger partial charge is 0.244 e. The quantitative estimate of drug-likeness (QED) is 0.771. The van der Waals surface area contributed by atoms with Crippen molar-refractivity contribution in [2.45, 2.75) is 30.8 Å². The molecule has 3 heterocycles. The van der Waals surface area contributed by atoms with E-state index in [2.05, 4.69) is 21.7 Å². The molecule has 0 aromatic carbocycles. The van der Waals surface area contributed by atoms with Gasteiger partial charge in [-0.25, -0.2) is 8.42 Å². The van der Waals surface area contributed by atoms with Gasteiger partial charge in [-0.3, -0.25) is 9.88 Å². The number of sulfonamides is 1. The van der Waals surface area contributed by atoms with E-state index in [1.807, 2.05) is 0 Å². The first-order valence-electron chi connectivity index (χ1n) is 9.48. The molecule has 2 saturated heterocycles. The van der Waals surface area contributed by atoms with Crippen LogP contribution < -0.4 is 0 Å². The Bertz CT molecular complexity index is 654. The summed E-state index contributed by atoms with van der Waals surface area (Å²) in [6.45, 7) is 7.92. The molecule has 0 spiro atoms. The SMILES string of the molecule is CC1CCN(CC(O)CN2CCN(S(=O)(=O)c3cccnc3)CC2)CC1. The van der Waals surface area contributed by atoms with Crippen LogP contribution in [-0.4, -0.2) is 91.1 Å². The number of aliphatic hydroxyl groups excluding tert-OH is 1. The Kier molecular flexibility index (Phi) is 6.63. The van der Waals surface area contributed by atoms with Crippen molar-refractivity contribution >= 4 is 10.0 Å². The maximum absolute atomic E-state index is 12.6. The van der Waals surface area contributed by atoms with Gasteiger partial charge in [0.2, 0.25) is 10.0 Å². The van der Waals surface area contributed by atoms with E-state index in [1.165, 1.54) is 23.3 Å². The lowest BCUT2D eigenvalue weighted by Crippen LogP contribution is -2.51. The maximum Gasteiger partial charge on any atom is 0.244 e. The monoisotopic (exact) mass is 382 g/mol. The Morgan fingerprint density at radius 2 is 1.73 bits per heavy atom. The van der Waals surface area contributed by atoms with E-state index < -0.39 is 10.0 Å². The second kappa shape index (κ2) is 8.75. The lowest BCUT2D eigenvalue weighted by Gasteiger charge is -2.36. The summed E-state index contributed by atoms with van der Waals surface area (Å²) in [5.74, 6) is 0.790. The second-order valence-electron chi connectivity index (χ2n) is 7.53. The average Bonchev–Trinajstić information content (AvgIpc) is 2.65. The lowest BCUT2D eigenvalue weighted by atomic mass is 9.99. The summed E-state index contributed by atoms with van der Waals surface area (Å²) in [4.78, 5) is 8.65. The molecule has 2 aliphatic heterocycles. The molecule has 2 aliphatic rings. The molecule has 8 heteroatoms. The summed E-state index contributed by atoms with van der Waals surface area (Å²) in [5.41, 5.74) is 0. The molecule has 0 saturated carbocycles. The summed E-state index contributed by atoms with van der Waals surface area (Å²) in [6.07, 6.45) is 4.99. The van der Waals surface area contributed by atoms with Gasteiger partial charge in [-0.05, 0) is 44.0 Å². The van der Waals surface area contributed by atoms with Gasteiger partial charge in [0.15, 0.2) is 0 Å². The molecule has 2 fully saturated rings. The van der Waals surface area contributed by atoms with Gasteiger partial charge in [0.05, 0.1) is 6.10 Å². The van der Waals surface area contributed by atoms with Gasteiger partial charge >= 0.3 is 0 Å². The van der Waals surface area contributed by atoms with Gasteiger partial charge in [-0.15, -0.1) is 0 Å². The minimum atomic E-state index is -3.47. The highest BCUT2D eigenvalue weighted by Gasteiger charge is 2.29. The predicted molar refractivity (Wildman–Crippen MR) is 100 cm³/mol. The van der Waals surface area contributed by atoms with Gasteiger partial charge in [-0.1, -0.05) is 6.92 Å². The molecule has 3 rings (SSSR count). The van der Waals surface area contributed by atoms with E-state index in [4.69, 9.17) is 0 Å². The largest absolute Gasteiger partial charge is 0.390 e. The van der Waals surface area contributed by atoms with Crippen LogP contribution in [0.2, 0.25) is 0 Å². The maximum atomic E-state index is 12.6. The molecule has 0 radical (unpaired) electrons. The topological polar surface area (TPSA) is 77.0 Å². The number of β-amino-alcohol motifs (C(OH)–C–C–N with tert-alkyl or cyclic N) is 1. The van der Waals surface area contributed by atoms with Crippen molar-refractivity contribution in [1.82, 2.24) is 19.1 Å². The summed E-state index contributed by atoms with van der Waals surface area (Å²) < 4.78 is 26.7. The number of pyridine rings is 1. The van der Waals surface area contributed by atoms with Crippen LogP contribution >= 0.6 is 0 Å². The average molecular weight is 383 g/mol. The van der Waals surface area contributed by atoms with Crippen LogP contribution in [0.1, 0.15) is 19.8 Å². The number of nitrogens with zero attached hydrogens (tertiary/aromatic N) is 4. The summed E-state index contributed by atoms with van der Waals surface area (Å²) in [7, 11) is -3.47. The van der Waals surface area contributed by atoms with E-state index in [9.17, 15) is 13.5 Å². The fourth-order valence-corrected chi connectivity index (χ4v) is 5.09. The zero-order chi connectivity index (χ0) is 18.6. The molecule has 0 aliphatic carbocycles. The lowest BCUT2D eigenvalue weighted by molar-refractivity contribution is 0.0520. The minimum absolute atomic E-state index is 0.243. The molecular weight excluding hydrogens is 352 g/mol. The molecule has 1 atom stereocenters. The van der Waals surface area contributed by atoms with Crippen molar-refractivity contribution in [3.8, 4) is 0 Å². The third-order valence-corrected chi connectivity index (χ3v) is 7.30. The van der Waals surface area contributed by atoms with Gasteiger partial charge in [-0.2, -0.15) is 4.31 Å². The molecule has 1 aromatic rings. The van der Waals surface area contributed by atoms with Crippen LogP contribution in [0.4, 0.5) is 0 Å². The first kappa shape index (κ1) is 19.7. The van der Waals surface area contributed by atoms with Gasteiger partial charge in [0.1, 0.15) is 4.90 Å². The number of hydrogen-bond donors (Lipinski definition) is 1. The van der Waals surface area contributed by atoms with E-state index in [-0.39, 0.29) is 11.0 Å². The molecule has 146 valence electrons. The van der Waals surface area contributed by atoms with Crippen molar-refractivity contribution in [3.63, 3.8) is 0 Å². The molecular formula is C18H30N4O3S. The summed E-state index contributed by atoms with van der Waals surface area (Å²) in [6, 6.07) is 3.22. The third-order valence-electron chi connectivity index (χ3n) is 5.42. The molecule has 1 aromatic heterocycles. The van der Waals surface area contributed by atoms with Crippen molar-refractivity contribution in [2.24, 2.45) is 5.92 Å². The van der Waals surface area contributed by atoms with E-state index >= 15 is 0 Å². The molecule has 7 nitrogen and oxygen atoms in total. The summed E-state index contributed by atoms with van der Waals surface area (Å²) in [5, 5.41) is 10.4. The Labute approximate surface area is 156 Å². The normalized spacial score (nSPS) is 23.2. The predicted octanol–water partition coefficient (Wildman–Crippen LogP) is 0.481. The second-order valence-corrected chi connectivity index (χ2v) is 9.47. The van der Waals surface area contributed by atoms with Crippen LogP contribution in [0.15, 0.2) is 29.4 Å². The molecule has 1 N–H and O–H groups in total. The minimum Gasteiger partial charge on any atom is -0.390 e. The van der Waals surface area contributed by atoms with Crippen molar-refractivity contribution in [3.05, 3.63) is 24.5 Å². The van der Waals surface area contributed by atoms with Crippen LogP contribution in [0.5, 0.6) is 0 Å². The number of aliphatic hydroxyl groups is 1. The number of rotatable bonds is 6. The highest BCUT2D eigenvalue weighted by molar-refractivity contribution is 7.89. The van der Waals surface area contributed by atoms with Crippen LogP contribution in [0, 0.1) is 5.92 Å². The Hall–Kier alpha value is -1.06. The molecule has 1 unspecified atom stereocenters. The first-order chi connectivity index (χ1) is 12.4. The first-order valence-corrected chi connectivity index (χ1v) is 10.9. The Morgan fingerprint density at radius 1 is 1.12 bits per heavy atom. The summed E-state index contributed by atoms with van der Waals surface area (Å²) >= 11 is 0. The zero-order valence-corrected chi connectivity index (χ0v) is 16.3. The molecule has 0 bridgehead atoms. The highest BCUT2D eigenvalue weighted by Crippen LogP contribution is 2.18. The molecule has 26 heavy (non-hydrogen) atoms. The van der Waals surface area contributed by atoms with E-state index in [0.29, 0.717) is 39.3 Å². The third kappa shape index (κ3) is 5.01.